The van der Waals surface area contributed by atoms with Crippen LogP contribution in [0, 0.1) is 6.92 Å². The average molecular weight is 334 g/mol. The minimum absolute atomic E-state index is 0.213. The molecule has 3 aromatic rings. The molecule has 0 bridgehead atoms. The van der Waals surface area contributed by atoms with Crippen LogP contribution in [0.25, 0.3) is 11.3 Å². The molecule has 128 valence electrons. The van der Waals surface area contributed by atoms with E-state index in [9.17, 15) is 4.79 Å². The van der Waals surface area contributed by atoms with Crippen molar-refractivity contribution in [3.05, 3.63) is 71.8 Å². The predicted molar refractivity (Wildman–Crippen MR) is 100 cm³/mol. The van der Waals surface area contributed by atoms with Gasteiger partial charge in [-0.1, -0.05) is 60.7 Å². The van der Waals surface area contributed by atoms with Crippen molar-refractivity contribution in [1.29, 1.82) is 0 Å². The molecule has 3 N–H and O–H groups in total. The molecule has 0 saturated heterocycles. The maximum Gasteiger partial charge on any atom is 0.242 e. The third-order valence-corrected chi connectivity index (χ3v) is 4.21. The van der Waals surface area contributed by atoms with Crippen molar-refractivity contribution in [3.63, 3.8) is 0 Å². The Morgan fingerprint density at radius 2 is 1.72 bits per heavy atom. The highest BCUT2D eigenvalue weighted by atomic mass is 16.2. The lowest BCUT2D eigenvalue weighted by Gasteiger charge is -2.13. The van der Waals surface area contributed by atoms with Crippen LogP contribution in [0.4, 0.5) is 5.82 Å². The monoisotopic (exact) mass is 334 g/mol. The molecule has 5 nitrogen and oxygen atoms in total. The molecule has 0 aliphatic carbocycles. The van der Waals surface area contributed by atoms with E-state index in [1.165, 1.54) is 0 Å². The Morgan fingerprint density at radius 1 is 1.12 bits per heavy atom. The number of nitrogens with zero attached hydrogens (tertiary/aromatic N) is 2. The van der Waals surface area contributed by atoms with Crippen molar-refractivity contribution in [3.8, 4) is 11.3 Å². The molecule has 3 rings (SSSR count). The number of carbonyl (C=O) groups excluding carboxylic acids is 1. The molecule has 0 aliphatic rings. The zero-order valence-electron chi connectivity index (χ0n) is 14.4. The molecule has 0 unspecified atom stereocenters. The Labute approximate surface area is 147 Å². The number of amides is 1. The second-order valence-corrected chi connectivity index (χ2v) is 6.10. The fourth-order valence-electron chi connectivity index (χ4n) is 2.84. The van der Waals surface area contributed by atoms with Crippen LogP contribution in [-0.4, -0.2) is 21.7 Å². The molecule has 5 heteroatoms. The minimum Gasteiger partial charge on any atom is -0.320 e. The summed E-state index contributed by atoms with van der Waals surface area (Å²) >= 11 is 0. The Bertz CT molecular complexity index is 856. The Hall–Kier alpha value is -2.92. The highest BCUT2D eigenvalue weighted by Crippen LogP contribution is 2.27. The number of anilines is 1. The van der Waals surface area contributed by atoms with Crippen LogP contribution in [0.1, 0.15) is 11.1 Å². The van der Waals surface area contributed by atoms with Gasteiger partial charge in [-0.05, 0) is 18.9 Å². The first-order valence-electron chi connectivity index (χ1n) is 8.25. The molecule has 1 atom stereocenters. The topological polar surface area (TPSA) is 72.9 Å². The molecule has 1 aromatic heterocycles. The molecule has 2 aromatic carbocycles. The zero-order chi connectivity index (χ0) is 17.8. The Balaban J connectivity index is 1.76. The first-order valence-corrected chi connectivity index (χ1v) is 8.25. The van der Waals surface area contributed by atoms with Crippen LogP contribution in [0.2, 0.25) is 0 Å². The summed E-state index contributed by atoms with van der Waals surface area (Å²) in [5.41, 5.74) is 9.91. The number of aromatic nitrogens is 2. The van der Waals surface area contributed by atoms with Gasteiger partial charge in [0, 0.05) is 18.2 Å². The van der Waals surface area contributed by atoms with Crippen LogP contribution in [-0.2, 0) is 18.3 Å². The van der Waals surface area contributed by atoms with Gasteiger partial charge in [-0.25, -0.2) is 0 Å². The summed E-state index contributed by atoms with van der Waals surface area (Å²) in [6, 6.07) is 19.1. The van der Waals surface area contributed by atoms with Crippen LogP contribution in [0.15, 0.2) is 60.7 Å². The highest BCUT2D eigenvalue weighted by molar-refractivity contribution is 5.95. The van der Waals surface area contributed by atoms with Crippen molar-refractivity contribution in [2.45, 2.75) is 19.4 Å². The average Bonchev–Trinajstić information content (AvgIpc) is 2.91. The Morgan fingerprint density at radius 3 is 2.36 bits per heavy atom. The predicted octanol–water partition coefficient (Wildman–Crippen LogP) is 2.90. The number of nitrogens with one attached hydrogen (secondary N) is 1. The molecule has 0 fully saturated rings. The van der Waals surface area contributed by atoms with E-state index in [-0.39, 0.29) is 5.91 Å². The van der Waals surface area contributed by atoms with Gasteiger partial charge in [-0.15, -0.1) is 0 Å². The van der Waals surface area contributed by atoms with E-state index in [1.54, 1.807) is 4.68 Å². The van der Waals surface area contributed by atoms with Crippen molar-refractivity contribution in [2.75, 3.05) is 5.32 Å². The largest absolute Gasteiger partial charge is 0.320 e. The van der Waals surface area contributed by atoms with Crippen molar-refractivity contribution in [1.82, 2.24) is 9.78 Å². The minimum atomic E-state index is -0.614. The van der Waals surface area contributed by atoms with Crippen LogP contribution >= 0.6 is 0 Å². The molecule has 1 amide bonds. The lowest BCUT2D eigenvalue weighted by molar-refractivity contribution is -0.117. The van der Waals surface area contributed by atoms with Gasteiger partial charge >= 0.3 is 0 Å². The van der Waals surface area contributed by atoms with Gasteiger partial charge in [0.15, 0.2) is 0 Å². The molecule has 25 heavy (non-hydrogen) atoms. The molecular weight excluding hydrogens is 312 g/mol. The van der Waals surface area contributed by atoms with E-state index >= 15 is 0 Å². The standard InChI is InChI=1S/C20H22N4O/c1-14-18(16-11-7-4-8-12-16)23-24(2)19(14)22-20(25)17(21)13-15-9-5-3-6-10-15/h3-12,17H,13,21H2,1-2H3,(H,22,25)/t17-/m1/s1. The van der Waals surface area contributed by atoms with Crippen LogP contribution < -0.4 is 11.1 Å². The molecule has 0 radical (unpaired) electrons. The summed E-state index contributed by atoms with van der Waals surface area (Å²) in [5.74, 6) is 0.460. The first kappa shape index (κ1) is 16.9. The maximum absolute atomic E-state index is 12.5. The van der Waals surface area contributed by atoms with E-state index < -0.39 is 6.04 Å². The van der Waals surface area contributed by atoms with Crippen molar-refractivity contribution < 1.29 is 4.79 Å². The lowest BCUT2D eigenvalue weighted by Crippen LogP contribution is -2.38. The highest BCUT2D eigenvalue weighted by Gasteiger charge is 2.19. The van der Waals surface area contributed by atoms with Gasteiger partial charge in [-0.3, -0.25) is 9.48 Å². The summed E-state index contributed by atoms with van der Waals surface area (Å²) in [6.07, 6.45) is 0.495. The fraction of sp³-hybridized carbons (Fsp3) is 0.200. The number of rotatable bonds is 5. The summed E-state index contributed by atoms with van der Waals surface area (Å²) in [4.78, 5) is 12.5. The van der Waals surface area contributed by atoms with Crippen molar-refractivity contribution in [2.24, 2.45) is 12.8 Å². The summed E-state index contributed by atoms with van der Waals surface area (Å²) < 4.78 is 1.69. The molecular formula is C20H22N4O. The number of hydrogen-bond acceptors (Lipinski definition) is 3. The van der Waals surface area contributed by atoms with Gasteiger partial charge in [0.25, 0.3) is 0 Å². The van der Waals surface area contributed by atoms with Gasteiger partial charge < -0.3 is 11.1 Å². The zero-order valence-corrected chi connectivity index (χ0v) is 14.4. The number of aryl methyl sites for hydroxylation is 1. The van der Waals surface area contributed by atoms with Gasteiger partial charge in [0.2, 0.25) is 5.91 Å². The second-order valence-electron chi connectivity index (χ2n) is 6.10. The summed E-state index contributed by atoms with van der Waals surface area (Å²) in [7, 11) is 1.82. The summed E-state index contributed by atoms with van der Waals surface area (Å²) in [6.45, 7) is 1.95. The lowest BCUT2D eigenvalue weighted by atomic mass is 10.1. The fourth-order valence-corrected chi connectivity index (χ4v) is 2.84. The third-order valence-electron chi connectivity index (χ3n) is 4.21. The smallest absolute Gasteiger partial charge is 0.242 e. The number of benzene rings is 2. The van der Waals surface area contributed by atoms with E-state index in [4.69, 9.17) is 5.73 Å². The van der Waals surface area contributed by atoms with E-state index in [1.807, 2.05) is 74.6 Å². The second kappa shape index (κ2) is 7.32. The molecule has 1 heterocycles. The first-order chi connectivity index (χ1) is 12.1. The van der Waals surface area contributed by atoms with E-state index in [0.29, 0.717) is 12.2 Å². The van der Waals surface area contributed by atoms with E-state index in [0.717, 1.165) is 22.4 Å². The Kier molecular flexibility index (Phi) is 4.95. The molecule has 0 spiro atoms. The normalized spacial score (nSPS) is 12.0. The van der Waals surface area contributed by atoms with Gasteiger partial charge in [0.05, 0.1) is 11.7 Å². The van der Waals surface area contributed by atoms with Crippen LogP contribution in [0.3, 0.4) is 0 Å². The number of hydrogen-bond donors (Lipinski definition) is 2. The summed E-state index contributed by atoms with van der Waals surface area (Å²) in [5, 5.41) is 7.46. The third kappa shape index (κ3) is 3.78. The maximum atomic E-state index is 12.5. The van der Waals surface area contributed by atoms with E-state index in [2.05, 4.69) is 10.4 Å². The number of nitrogens with two attached hydrogens (primary N) is 1. The quantitative estimate of drug-likeness (QED) is 0.753. The number of carbonyl (C=O) groups is 1. The molecule has 0 aliphatic heterocycles. The van der Waals surface area contributed by atoms with Gasteiger partial charge in [-0.2, -0.15) is 5.10 Å². The van der Waals surface area contributed by atoms with Crippen molar-refractivity contribution >= 4 is 11.7 Å². The van der Waals surface area contributed by atoms with Gasteiger partial charge in [0.1, 0.15) is 5.82 Å². The SMILES string of the molecule is Cc1c(-c2ccccc2)nn(C)c1NC(=O)[C@H](N)Cc1ccccc1. The molecule has 0 saturated carbocycles. The van der Waals surface area contributed by atoms with Crippen LogP contribution in [0.5, 0.6) is 0 Å².